The lowest BCUT2D eigenvalue weighted by atomic mass is 10.1. The van der Waals surface area contributed by atoms with Gasteiger partial charge in [0, 0.05) is 5.56 Å². The predicted molar refractivity (Wildman–Crippen MR) is 110 cm³/mol. The third-order valence-corrected chi connectivity index (χ3v) is 4.52. The molecule has 1 heterocycles. The maximum absolute atomic E-state index is 12.2. The topological polar surface area (TPSA) is 81.3 Å². The Labute approximate surface area is 166 Å². The van der Waals surface area contributed by atoms with Crippen molar-refractivity contribution < 1.29 is 14.3 Å². The lowest BCUT2D eigenvalue weighted by molar-refractivity contribution is 0.0600. The van der Waals surface area contributed by atoms with Crippen LogP contribution in [0.5, 0.6) is 5.75 Å². The molecule has 6 nitrogen and oxygen atoms in total. The van der Waals surface area contributed by atoms with Crippen molar-refractivity contribution >= 4 is 16.9 Å². The van der Waals surface area contributed by atoms with Crippen LogP contribution in [0.2, 0.25) is 0 Å². The highest BCUT2D eigenvalue weighted by atomic mass is 16.5. The van der Waals surface area contributed by atoms with E-state index in [4.69, 9.17) is 4.74 Å². The molecule has 6 heteroatoms. The van der Waals surface area contributed by atoms with Crippen LogP contribution in [-0.2, 0) is 11.3 Å². The Bertz CT molecular complexity index is 1210. The summed E-state index contributed by atoms with van der Waals surface area (Å²) in [5.41, 5.74) is 2.71. The third kappa shape index (κ3) is 4.01. The van der Waals surface area contributed by atoms with Gasteiger partial charge in [0.25, 0.3) is 5.56 Å². The van der Waals surface area contributed by atoms with Crippen molar-refractivity contribution in [3.05, 3.63) is 94.3 Å². The molecule has 0 aliphatic carbocycles. The minimum atomic E-state index is -0.367. The van der Waals surface area contributed by atoms with E-state index in [2.05, 4.69) is 14.7 Å². The highest BCUT2D eigenvalue weighted by molar-refractivity contribution is 5.89. The van der Waals surface area contributed by atoms with Gasteiger partial charge in [-0.2, -0.15) is 0 Å². The average Bonchev–Trinajstić information content (AvgIpc) is 2.78. The molecule has 0 aliphatic heterocycles. The van der Waals surface area contributed by atoms with E-state index < -0.39 is 0 Å². The van der Waals surface area contributed by atoms with E-state index in [0.29, 0.717) is 34.6 Å². The van der Waals surface area contributed by atoms with Gasteiger partial charge >= 0.3 is 5.97 Å². The fraction of sp³-hybridized carbons (Fsp3) is 0.0870. The van der Waals surface area contributed by atoms with Crippen LogP contribution in [0.15, 0.2) is 77.6 Å². The number of aromatic amines is 1. The summed E-state index contributed by atoms with van der Waals surface area (Å²) in [6, 6.07) is 21.6. The number of H-pyrrole nitrogens is 1. The molecular weight excluding hydrogens is 368 g/mol. The Balaban J connectivity index is 1.47. The van der Waals surface area contributed by atoms with Crippen molar-refractivity contribution in [3.8, 4) is 17.1 Å². The number of nitrogens with zero attached hydrogens (tertiary/aromatic N) is 1. The van der Waals surface area contributed by atoms with Crippen LogP contribution >= 0.6 is 0 Å². The Morgan fingerprint density at radius 1 is 0.966 bits per heavy atom. The highest BCUT2D eigenvalue weighted by Crippen LogP contribution is 2.21. The standard InChI is InChI=1S/C23H18N2O4/c1-28-23(27)17-8-6-15(7-9-17)14-29-18-12-10-16(11-13-18)21-24-20-5-3-2-4-19(20)22(26)25-21/h2-13H,14H2,1H3,(H,24,25,26). The van der Waals surface area contributed by atoms with Crippen molar-refractivity contribution in [2.45, 2.75) is 6.61 Å². The van der Waals surface area contributed by atoms with Gasteiger partial charge in [-0.05, 0) is 54.1 Å². The average molecular weight is 386 g/mol. The first-order valence-electron chi connectivity index (χ1n) is 9.03. The highest BCUT2D eigenvalue weighted by Gasteiger charge is 2.07. The summed E-state index contributed by atoms with van der Waals surface area (Å²) < 4.78 is 10.5. The fourth-order valence-electron chi connectivity index (χ4n) is 2.95. The molecule has 0 saturated carbocycles. The molecule has 0 unspecified atom stereocenters. The Morgan fingerprint density at radius 2 is 1.69 bits per heavy atom. The van der Waals surface area contributed by atoms with E-state index in [9.17, 15) is 9.59 Å². The molecule has 3 aromatic carbocycles. The normalized spacial score (nSPS) is 10.7. The number of carbonyl (C=O) groups excluding carboxylic acids is 1. The van der Waals surface area contributed by atoms with E-state index in [1.54, 1.807) is 18.2 Å². The van der Waals surface area contributed by atoms with Crippen LogP contribution in [-0.4, -0.2) is 23.0 Å². The summed E-state index contributed by atoms with van der Waals surface area (Å²) >= 11 is 0. The van der Waals surface area contributed by atoms with Gasteiger partial charge in [-0.3, -0.25) is 4.79 Å². The minimum absolute atomic E-state index is 0.165. The van der Waals surface area contributed by atoms with Gasteiger partial charge in [0.15, 0.2) is 0 Å². The third-order valence-electron chi connectivity index (χ3n) is 4.52. The summed E-state index contributed by atoms with van der Waals surface area (Å²) in [5.74, 6) is 0.834. The van der Waals surface area contributed by atoms with E-state index in [1.165, 1.54) is 7.11 Å². The molecule has 0 aliphatic rings. The fourth-order valence-corrected chi connectivity index (χ4v) is 2.95. The molecule has 0 amide bonds. The van der Waals surface area contributed by atoms with Crippen LogP contribution in [0, 0.1) is 0 Å². The number of para-hydroxylation sites is 1. The number of ether oxygens (including phenoxy) is 2. The number of hydrogen-bond acceptors (Lipinski definition) is 5. The second kappa shape index (κ2) is 7.98. The maximum atomic E-state index is 12.2. The first-order valence-corrected chi connectivity index (χ1v) is 9.03. The van der Waals surface area contributed by atoms with Gasteiger partial charge in [0.1, 0.15) is 18.2 Å². The van der Waals surface area contributed by atoms with Gasteiger partial charge in [0.05, 0.1) is 23.6 Å². The summed E-state index contributed by atoms with van der Waals surface area (Å²) in [4.78, 5) is 31.0. The monoisotopic (exact) mass is 386 g/mol. The number of benzene rings is 3. The molecule has 0 radical (unpaired) electrons. The zero-order chi connectivity index (χ0) is 20.2. The van der Waals surface area contributed by atoms with E-state index in [0.717, 1.165) is 11.1 Å². The second-order valence-electron chi connectivity index (χ2n) is 6.43. The first kappa shape index (κ1) is 18.4. The number of hydrogen-bond donors (Lipinski definition) is 1. The molecule has 1 aromatic heterocycles. The molecule has 0 saturated heterocycles. The minimum Gasteiger partial charge on any atom is -0.489 e. The van der Waals surface area contributed by atoms with E-state index >= 15 is 0 Å². The quantitative estimate of drug-likeness (QED) is 0.525. The van der Waals surface area contributed by atoms with Crippen molar-refractivity contribution in [3.63, 3.8) is 0 Å². The molecular formula is C23H18N2O4. The number of carbonyl (C=O) groups is 1. The summed E-state index contributed by atoms with van der Waals surface area (Å²) in [6.45, 7) is 0.367. The number of esters is 1. The van der Waals surface area contributed by atoms with Gasteiger partial charge in [0.2, 0.25) is 0 Å². The Hall–Kier alpha value is -3.93. The Morgan fingerprint density at radius 3 is 2.41 bits per heavy atom. The number of nitrogens with one attached hydrogen (secondary N) is 1. The van der Waals surface area contributed by atoms with Crippen molar-refractivity contribution in [2.75, 3.05) is 7.11 Å². The van der Waals surface area contributed by atoms with Crippen molar-refractivity contribution in [1.82, 2.24) is 9.97 Å². The molecule has 0 fully saturated rings. The molecule has 29 heavy (non-hydrogen) atoms. The molecule has 0 atom stereocenters. The van der Waals surface area contributed by atoms with Crippen LogP contribution in [0.25, 0.3) is 22.3 Å². The lowest BCUT2D eigenvalue weighted by Crippen LogP contribution is -2.09. The smallest absolute Gasteiger partial charge is 0.337 e. The van der Waals surface area contributed by atoms with Gasteiger partial charge < -0.3 is 14.5 Å². The summed E-state index contributed by atoms with van der Waals surface area (Å²) in [5, 5.41) is 0.564. The van der Waals surface area contributed by atoms with Crippen LogP contribution < -0.4 is 10.3 Å². The second-order valence-corrected chi connectivity index (χ2v) is 6.43. The SMILES string of the molecule is COC(=O)c1ccc(COc2ccc(-c3nc4ccccc4c(=O)[nH]3)cc2)cc1. The molecule has 1 N–H and O–H groups in total. The Kier molecular flexibility index (Phi) is 5.07. The summed E-state index contributed by atoms with van der Waals surface area (Å²) in [7, 11) is 1.35. The van der Waals surface area contributed by atoms with Crippen LogP contribution in [0.4, 0.5) is 0 Å². The van der Waals surface area contributed by atoms with Gasteiger partial charge in [-0.1, -0.05) is 24.3 Å². The molecule has 4 rings (SSSR count). The van der Waals surface area contributed by atoms with Crippen molar-refractivity contribution in [1.29, 1.82) is 0 Å². The van der Waals surface area contributed by atoms with Crippen LogP contribution in [0.3, 0.4) is 0 Å². The molecule has 0 bridgehead atoms. The zero-order valence-electron chi connectivity index (χ0n) is 15.7. The number of rotatable bonds is 5. The van der Waals surface area contributed by atoms with Gasteiger partial charge in [-0.15, -0.1) is 0 Å². The van der Waals surface area contributed by atoms with Crippen molar-refractivity contribution in [2.24, 2.45) is 0 Å². The van der Waals surface area contributed by atoms with Crippen LogP contribution in [0.1, 0.15) is 15.9 Å². The maximum Gasteiger partial charge on any atom is 0.337 e. The van der Waals surface area contributed by atoms with Gasteiger partial charge in [-0.25, -0.2) is 9.78 Å². The molecule has 144 valence electrons. The van der Waals surface area contributed by atoms with E-state index in [-0.39, 0.29) is 11.5 Å². The lowest BCUT2D eigenvalue weighted by Gasteiger charge is -2.08. The largest absolute Gasteiger partial charge is 0.489 e. The first-order chi connectivity index (χ1) is 14.1. The number of fused-ring (bicyclic) bond motifs is 1. The number of methoxy groups -OCH3 is 1. The predicted octanol–water partition coefficient (Wildman–Crippen LogP) is 3.96. The van der Waals surface area contributed by atoms with E-state index in [1.807, 2.05) is 54.6 Å². The molecule has 0 spiro atoms. The molecule has 4 aromatic rings. The zero-order valence-corrected chi connectivity index (χ0v) is 15.7. The number of aromatic nitrogens is 2. The summed E-state index contributed by atoms with van der Waals surface area (Å²) in [6.07, 6.45) is 0.